The SMILES string of the molecule is C[C@@H](C(=O)NCCCn1cncn1)n1cnc2ccccc21. The fraction of sp³-hybridized carbons (Fsp3) is 0.333. The van der Waals surface area contributed by atoms with Crippen LogP contribution in [-0.4, -0.2) is 36.8 Å². The molecule has 0 aliphatic carbocycles. The highest BCUT2D eigenvalue weighted by Gasteiger charge is 2.16. The molecule has 0 spiro atoms. The second kappa shape index (κ2) is 6.38. The Labute approximate surface area is 128 Å². The van der Waals surface area contributed by atoms with E-state index in [1.807, 2.05) is 35.8 Å². The number of carbonyl (C=O) groups excluding carboxylic acids is 1. The van der Waals surface area contributed by atoms with Gasteiger partial charge in [0.15, 0.2) is 0 Å². The molecule has 0 unspecified atom stereocenters. The van der Waals surface area contributed by atoms with Crippen LogP contribution in [0.3, 0.4) is 0 Å². The largest absolute Gasteiger partial charge is 0.354 e. The van der Waals surface area contributed by atoms with Crippen LogP contribution in [0.25, 0.3) is 11.0 Å². The summed E-state index contributed by atoms with van der Waals surface area (Å²) in [5, 5.41) is 6.97. The molecular formula is C15H18N6O. The van der Waals surface area contributed by atoms with Gasteiger partial charge in [0.05, 0.1) is 17.4 Å². The number of carbonyl (C=O) groups is 1. The van der Waals surface area contributed by atoms with E-state index in [1.165, 1.54) is 6.33 Å². The summed E-state index contributed by atoms with van der Waals surface area (Å²) in [7, 11) is 0. The number of hydrogen-bond donors (Lipinski definition) is 1. The molecule has 1 atom stereocenters. The van der Waals surface area contributed by atoms with Gasteiger partial charge >= 0.3 is 0 Å². The lowest BCUT2D eigenvalue weighted by Crippen LogP contribution is -2.31. The zero-order chi connectivity index (χ0) is 15.4. The van der Waals surface area contributed by atoms with Crippen LogP contribution in [0.5, 0.6) is 0 Å². The summed E-state index contributed by atoms with van der Waals surface area (Å²) in [5.74, 6) is -0.0123. The molecule has 3 rings (SSSR count). The highest BCUT2D eigenvalue weighted by molar-refractivity contribution is 5.83. The molecule has 114 valence electrons. The summed E-state index contributed by atoms with van der Waals surface area (Å²) >= 11 is 0. The molecule has 0 saturated carbocycles. The van der Waals surface area contributed by atoms with Gasteiger partial charge in [0.25, 0.3) is 0 Å². The molecule has 0 aliphatic heterocycles. The van der Waals surface area contributed by atoms with Crippen LogP contribution in [-0.2, 0) is 11.3 Å². The third-order valence-electron chi connectivity index (χ3n) is 3.61. The fourth-order valence-corrected chi connectivity index (χ4v) is 2.36. The Morgan fingerprint density at radius 1 is 1.32 bits per heavy atom. The lowest BCUT2D eigenvalue weighted by atomic mass is 10.2. The fourth-order valence-electron chi connectivity index (χ4n) is 2.36. The second-order valence-corrected chi connectivity index (χ2v) is 5.12. The Kier molecular flexibility index (Phi) is 4.13. The van der Waals surface area contributed by atoms with Gasteiger partial charge in [-0.25, -0.2) is 9.97 Å². The van der Waals surface area contributed by atoms with E-state index in [4.69, 9.17) is 0 Å². The number of nitrogens with zero attached hydrogens (tertiary/aromatic N) is 5. The number of imidazole rings is 1. The number of hydrogen-bond acceptors (Lipinski definition) is 4. The monoisotopic (exact) mass is 298 g/mol. The highest BCUT2D eigenvalue weighted by atomic mass is 16.2. The number of amides is 1. The van der Waals surface area contributed by atoms with Gasteiger partial charge in [-0.1, -0.05) is 12.1 Å². The lowest BCUT2D eigenvalue weighted by molar-refractivity contribution is -0.123. The van der Waals surface area contributed by atoms with E-state index in [-0.39, 0.29) is 11.9 Å². The zero-order valence-corrected chi connectivity index (χ0v) is 12.4. The summed E-state index contributed by atoms with van der Waals surface area (Å²) in [5.41, 5.74) is 1.86. The predicted molar refractivity (Wildman–Crippen MR) is 82.1 cm³/mol. The van der Waals surface area contributed by atoms with E-state index in [0.29, 0.717) is 6.54 Å². The quantitative estimate of drug-likeness (QED) is 0.698. The first-order chi connectivity index (χ1) is 10.8. The maximum Gasteiger partial charge on any atom is 0.242 e. The third kappa shape index (κ3) is 2.98. The van der Waals surface area contributed by atoms with Crippen molar-refractivity contribution in [3.05, 3.63) is 43.2 Å². The summed E-state index contributed by atoms with van der Waals surface area (Å²) in [6.45, 7) is 3.22. The number of aromatic nitrogens is 5. The molecule has 1 aromatic carbocycles. The van der Waals surface area contributed by atoms with E-state index in [0.717, 1.165) is 24.0 Å². The van der Waals surface area contributed by atoms with Crippen molar-refractivity contribution in [1.82, 2.24) is 29.6 Å². The van der Waals surface area contributed by atoms with Gasteiger partial charge in [-0.15, -0.1) is 0 Å². The second-order valence-electron chi connectivity index (χ2n) is 5.12. The molecule has 3 aromatic rings. The summed E-state index contributed by atoms with van der Waals surface area (Å²) < 4.78 is 3.64. The maximum absolute atomic E-state index is 12.3. The molecule has 7 nitrogen and oxygen atoms in total. The van der Waals surface area contributed by atoms with Crippen molar-refractivity contribution in [3.63, 3.8) is 0 Å². The third-order valence-corrected chi connectivity index (χ3v) is 3.61. The highest BCUT2D eigenvalue weighted by Crippen LogP contribution is 2.17. The van der Waals surface area contributed by atoms with Gasteiger partial charge < -0.3 is 9.88 Å². The normalized spacial score (nSPS) is 12.4. The van der Waals surface area contributed by atoms with Crippen LogP contribution >= 0.6 is 0 Å². The first-order valence-electron chi connectivity index (χ1n) is 7.27. The topological polar surface area (TPSA) is 77.6 Å². The Balaban J connectivity index is 1.55. The summed E-state index contributed by atoms with van der Waals surface area (Å²) in [6, 6.07) is 7.50. The first-order valence-corrected chi connectivity index (χ1v) is 7.27. The minimum Gasteiger partial charge on any atom is -0.354 e. The van der Waals surface area contributed by atoms with Gasteiger partial charge in [0.2, 0.25) is 5.91 Å². The van der Waals surface area contributed by atoms with Crippen molar-refractivity contribution in [2.75, 3.05) is 6.54 Å². The molecule has 0 radical (unpaired) electrons. The lowest BCUT2D eigenvalue weighted by Gasteiger charge is -2.14. The number of benzene rings is 1. The van der Waals surface area contributed by atoms with Crippen LogP contribution in [0.1, 0.15) is 19.4 Å². The summed E-state index contributed by atoms with van der Waals surface area (Å²) in [6.07, 6.45) is 5.70. The van der Waals surface area contributed by atoms with E-state index in [2.05, 4.69) is 20.4 Å². The van der Waals surface area contributed by atoms with Crippen molar-refractivity contribution in [3.8, 4) is 0 Å². The van der Waals surface area contributed by atoms with Gasteiger partial charge in [-0.2, -0.15) is 5.10 Å². The zero-order valence-electron chi connectivity index (χ0n) is 12.4. The minimum atomic E-state index is -0.293. The smallest absolute Gasteiger partial charge is 0.242 e. The van der Waals surface area contributed by atoms with Crippen molar-refractivity contribution < 1.29 is 4.79 Å². The van der Waals surface area contributed by atoms with Gasteiger partial charge in [0.1, 0.15) is 18.7 Å². The molecule has 7 heteroatoms. The molecule has 1 amide bonds. The number of para-hydroxylation sites is 2. The first kappa shape index (κ1) is 14.2. The van der Waals surface area contributed by atoms with Gasteiger partial charge in [0, 0.05) is 13.1 Å². The molecule has 2 heterocycles. The molecule has 2 aromatic heterocycles. The molecule has 0 saturated heterocycles. The van der Waals surface area contributed by atoms with Crippen molar-refractivity contribution >= 4 is 16.9 Å². The van der Waals surface area contributed by atoms with E-state index >= 15 is 0 Å². The Hall–Kier alpha value is -2.70. The minimum absolute atomic E-state index is 0.0123. The molecule has 0 fully saturated rings. The molecular weight excluding hydrogens is 280 g/mol. The van der Waals surface area contributed by atoms with Crippen LogP contribution in [0, 0.1) is 0 Å². The molecule has 0 bridgehead atoms. The van der Waals surface area contributed by atoms with Crippen LogP contribution in [0.15, 0.2) is 43.2 Å². The van der Waals surface area contributed by atoms with Gasteiger partial charge in [-0.3, -0.25) is 9.48 Å². The number of aryl methyl sites for hydroxylation is 1. The van der Waals surface area contributed by atoms with Crippen molar-refractivity contribution in [2.45, 2.75) is 25.9 Å². The van der Waals surface area contributed by atoms with Crippen molar-refractivity contribution in [2.24, 2.45) is 0 Å². The molecule has 1 N–H and O–H groups in total. The Morgan fingerprint density at radius 3 is 3.00 bits per heavy atom. The molecule has 0 aliphatic rings. The van der Waals surface area contributed by atoms with E-state index in [1.54, 1.807) is 17.3 Å². The standard InChI is InChI=1S/C15H18N6O/c1-12(21-11-18-13-5-2-3-6-14(13)21)15(22)17-7-4-8-20-10-16-9-19-20/h2-3,5-6,9-12H,4,7-8H2,1H3,(H,17,22)/t12-/m0/s1. The molecule has 22 heavy (non-hydrogen) atoms. The van der Waals surface area contributed by atoms with Crippen molar-refractivity contribution in [1.29, 1.82) is 0 Å². The van der Waals surface area contributed by atoms with Gasteiger partial charge in [-0.05, 0) is 25.5 Å². The van der Waals surface area contributed by atoms with E-state index in [9.17, 15) is 4.79 Å². The average Bonchev–Trinajstić information content (AvgIpc) is 3.20. The number of rotatable bonds is 6. The van der Waals surface area contributed by atoms with Crippen LogP contribution in [0.2, 0.25) is 0 Å². The maximum atomic E-state index is 12.3. The number of fused-ring (bicyclic) bond motifs is 1. The van der Waals surface area contributed by atoms with E-state index < -0.39 is 0 Å². The van der Waals surface area contributed by atoms with Crippen LogP contribution < -0.4 is 5.32 Å². The summed E-state index contributed by atoms with van der Waals surface area (Å²) in [4.78, 5) is 20.4. The Bertz CT molecular complexity index is 748. The average molecular weight is 298 g/mol. The number of nitrogens with one attached hydrogen (secondary N) is 1. The predicted octanol–water partition coefficient (Wildman–Crippen LogP) is 1.40. The Morgan fingerprint density at radius 2 is 2.18 bits per heavy atom. The van der Waals surface area contributed by atoms with Crippen LogP contribution in [0.4, 0.5) is 0 Å².